The fourth-order valence-corrected chi connectivity index (χ4v) is 4.85. The van der Waals surface area contributed by atoms with Crippen LogP contribution in [0.25, 0.3) is 11.3 Å². The van der Waals surface area contributed by atoms with Gasteiger partial charge in [0, 0.05) is 34.3 Å². The number of carbonyl (C=O) groups excluding carboxylic acids is 1. The van der Waals surface area contributed by atoms with E-state index in [-0.39, 0.29) is 12.1 Å². The van der Waals surface area contributed by atoms with E-state index in [0.29, 0.717) is 40.5 Å². The fourth-order valence-electron chi connectivity index (χ4n) is 4.32. The van der Waals surface area contributed by atoms with Gasteiger partial charge in [-0.1, -0.05) is 47.5 Å². The molecule has 7 nitrogen and oxygen atoms in total. The van der Waals surface area contributed by atoms with Crippen LogP contribution in [0.3, 0.4) is 0 Å². The van der Waals surface area contributed by atoms with Gasteiger partial charge >= 0.3 is 5.97 Å². The number of benzene rings is 2. The lowest BCUT2D eigenvalue weighted by Crippen LogP contribution is -2.49. The SMILES string of the molecule is CC(C)(NCCc1cccc(-c2cnc(N)c(NCc3c(Cl)cccc3Cl)n2)c1)C(=O)OC1CCCC1. The van der Waals surface area contributed by atoms with E-state index in [1.165, 1.54) is 0 Å². The van der Waals surface area contributed by atoms with Gasteiger partial charge in [-0.15, -0.1) is 0 Å². The highest BCUT2D eigenvalue weighted by Crippen LogP contribution is 2.27. The number of nitrogens with two attached hydrogens (primary N) is 1. The largest absolute Gasteiger partial charge is 0.461 e. The summed E-state index contributed by atoms with van der Waals surface area (Å²) in [6.07, 6.45) is 6.66. The number of carbonyl (C=O) groups is 1. The Labute approximate surface area is 228 Å². The smallest absolute Gasteiger partial charge is 0.326 e. The van der Waals surface area contributed by atoms with E-state index >= 15 is 0 Å². The van der Waals surface area contributed by atoms with E-state index in [4.69, 9.17) is 33.7 Å². The molecule has 0 atom stereocenters. The van der Waals surface area contributed by atoms with Crippen molar-refractivity contribution in [1.82, 2.24) is 15.3 Å². The topological polar surface area (TPSA) is 102 Å². The van der Waals surface area contributed by atoms with Crippen molar-refractivity contribution in [3.8, 4) is 11.3 Å². The Morgan fingerprint density at radius 2 is 1.84 bits per heavy atom. The predicted molar refractivity (Wildman–Crippen MR) is 150 cm³/mol. The quantitative estimate of drug-likeness (QED) is 0.269. The van der Waals surface area contributed by atoms with Crippen LogP contribution in [0.2, 0.25) is 10.0 Å². The number of nitrogen functional groups attached to an aromatic ring is 1. The summed E-state index contributed by atoms with van der Waals surface area (Å²) < 4.78 is 5.69. The zero-order chi connectivity index (χ0) is 26.4. The minimum Gasteiger partial charge on any atom is -0.461 e. The molecular weight excluding hydrogens is 509 g/mol. The Balaban J connectivity index is 1.38. The molecule has 0 unspecified atom stereocenters. The maximum Gasteiger partial charge on any atom is 0.326 e. The van der Waals surface area contributed by atoms with E-state index in [1.54, 1.807) is 24.4 Å². The van der Waals surface area contributed by atoms with Gasteiger partial charge in [0.05, 0.1) is 11.9 Å². The second kappa shape index (κ2) is 12.1. The van der Waals surface area contributed by atoms with Crippen LogP contribution in [0, 0.1) is 0 Å². The first-order valence-corrected chi connectivity index (χ1v) is 13.3. The first kappa shape index (κ1) is 27.2. The molecule has 0 saturated heterocycles. The molecular formula is C28H33Cl2N5O2. The zero-order valence-electron chi connectivity index (χ0n) is 21.2. The Bertz CT molecular complexity index is 1220. The summed E-state index contributed by atoms with van der Waals surface area (Å²) in [5.41, 5.74) is 8.82. The zero-order valence-corrected chi connectivity index (χ0v) is 22.7. The molecule has 1 aliphatic rings. The molecule has 3 aromatic rings. The first-order valence-electron chi connectivity index (χ1n) is 12.6. The Hall–Kier alpha value is -2.87. The number of nitrogens with zero attached hydrogens (tertiary/aromatic N) is 2. The number of hydrogen-bond donors (Lipinski definition) is 3. The molecule has 4 rings (SSSR count). The van der Waals surface area contributed by atoms with Crippen molar-refractivity contribution in [2.45, 2.75) is 64.1 Å². The molecule has 1 aromatic heterocycles. The lowest BCUT2D eigenvalue weighted by Gasteiger charge is -2.26. The van der Waals surface area contributed by atoms with Gasteiger partial charge in [0.25, 0.3) is 0 Å². The molecule has 4 N–H and O–H groups in total. The lowest BCUT2D eigenvalue weighted by atomic mass is 10.0. The molecule has 196 valence electrons. The van der Waals surface area contributed by atoms with E-state index in [1.807, 2.05) is 26.0 Å². The molecule has 2 aromatic carbocycles. The monoisotopic (exact) mass is 541 g/mol. The van der Waals surface area contributed by atoms with Crippen molar-refractivity contribution >= 4 is 40.8 Å². The number of ether oxygens (including phenoxy) is 1. The lowest BCUT2D eigenvalue weighted by molar-refractivity contribution is -0.155. The third-order valence-electron chi connectivity index (χ3n) is 6.58. The second-order valence-corrected chi connectivity index (χ2v) is 10.7. The highest BCUT2D eigenvalue weighted by Gasteiger charge is 2.31. The highest BCUT2D eigenvalue weighted by molar-refractivity contribution is 6.36. The van der Waals surface area contributed by atoms with Gasteiger partial charge in [0.15, 0.2) is 11.6 Å². The van der Waals surface area contributed by atoms with Crippen LogP contribution >= 0.6 is 23.2 Å². The predicted octanol–water partition coefficient (Wildman–Crippen LogP) is 6.04. The maximum atomic E-state index is 12.6. The van der Waals surface area contributed by atoms with Gasteiger partial charge in [-0.25, -0.2) is 9.97 Å². The summed E-state index contributed by atoms with van der Waals surface area (Å²) in [5, 5.41) is 7.69. The summed E-state index contributed by atoms with van der Waals surface area (Å²) in [4.78, 5) is 21.6. The van der Waals surface area contributed by atoms with Gasteiger partial charge in [0.1, 0.15) is 11.6 Å². The average Bonchev–Trinajstić information content (AvgIpc) is 3.38. The third-order valence-corrected chi connectivity index (χ3v) is 7.29. The van der Waals surface area contributed by atoms with Crippen LogP contribution in [0.1, 0.15) is 50.7 Å². The number of aromatic nitrogens is 2. The Morgan fingerprint density at radius 3 is 2.57 bits per heavy atom. The molecule has 0 bridgehead atoms. The number of rotatable bonds is 10. The van der Waals surface area contributed by atoms with Crippen LogP contribution in [0.5, 0.6) is 0 Å². The summed E-state index contributed by atoms with van der Waals surface area (Å²) in [7, 11) is 0. The van der Waals surface area contributed by atoms with Crippen molar-refractivity contribution < 1.29 is 9.53 Å². The van der Waals surface area contributed by atoms with Crippen LogP contribution < -0.4 is 16.4 Å². The minimum absolute atomic E-state index is 0.0623. The standard InChI is InChI=1S/C28H33Cl2N5O2/c1-28(2,27(36)37-20-9-3-4-10-20)34-14-13-18-7-5-8-19(15-18)24-17-32-25(31)26(35-24)33-16-21-22(29)11-6-12-23(21)30/h5-8,11-12,15,17,20,34H,3-4,9-10,13-14,16H2,1-2H3,(H2,31,32)(H,33,35). The van der Waals surface area contributed by atoms with Crippen molar-refractivity contribution in [2.75, 3.05) is 17.6 Å². The summed E-state index contributed by atoms with van der Waals surface area (Å²) in [6.45, 7) is 4.74. The number of anilines is 2. The van der Waals surface area contributed by atoms with Crippen molar-refractivity contribution in [2.24, 2.45) is 0 Å². The molecule has 0 amide bonds. The molecule has 9 heteroatoms. The molecule has 0 aliphatic heterocycles. The molecule has 1 fully saturated rings. The molecule has 1 saturated carbocycles. The molecule has 1 heterocycles. The first-order chi connectivity index (χ1) is 17.7. The maximum absolute atomic E-state index is 12.6. The Kier molecular flexibility index (Phi) is 8.90. The summed E-state index contributed by atoms with van der Waals surface area (Å²) >= 11 is 12.6. The van der Waals surface area contributed by atoms with Crippen LogP contribution in [-0.4, -0.2) is 34.1 Å². The van der Waals surface area contributed by atoms with Crippen molar-refractivity contribution in [1.29, 1.82) is 0 Å². The molecule has 0 radical (unpaired) electrons. The van der Waals surface area contributed by atoms with Gasteiger partial charge in [0.2, 0.25) is 0 Å². The number of halogens is 2. The summed E-state index contributed by atoms with van der Waals surface area (Å²) in [5.74, 6) is 0.561. The molecule has 0 spiro atoms. The molecule has 1 aliphatic carbocycles. The van der Waals surface area contributed by atoms with Crippen molar-refractivity contribution in [3.63, 3.8) is 0 Å². The van der Waals surface area contributed by atoms with Crippen LogP contribution in [0.4, 0.5) is 11.6 Å². The van der Waals surface area contributed by atoms with Crippen LogP contribution in [0.15, 0.2) is 48.7 Å². The second-order valence-electron chi connectivity index (χ2n) is 9.86. The van der Waals surface area contributed by atoms with Crippen molar-refractivity contribution in [3.05, 3.63) is 69.8 Å². The number of esters is 1. The molecule has 37 heavy (non-hydrogen) atoms. The normalized spacial score (nSPS) is 14.1. The van der Waals surface area contributed by atoms with Gasteiger partial charge < -0.3 is 21.1 Å². The Morgan fingerprint density at radius 1 is 1.14 bits per heavy atom. The summed E-state index contributed by atoms with van der Waals surface area (Å²) in [6, 6.07) is 13.5. The highest BCUT2D eigenvalue weighted by atomic mass is 35.5. The van der Waals surface area contributed by atoms with Crippen LogP contribution in [-0.2, 0) is 22.5 Å². The van der Waals surface area contributed by atoms with E-state index in [9.17, 15) is 4.79 Å². The third kappa shape index (κ3) is 7.12. The van der Waals surface area contributed by atoms with E-state index < -0.39 is 5.54 Å². The number of hydrogen-bond acceptors (Lipinski definition) is 7. The van der Waals surface area contributed by atoms with Gasteiger partial charge in [-0.05, 0) is 69.7 Å². The average molecular weight is 543 g/mol. The van der Waals surface area contributed by atoms with E-state index in [0.717, 1.165) is 48.8 Å². The van der Waals surface area contributed by atoms with Gasteiger partial charge in [-0.3, -0.25) is 4.79 Å². The minimum atomic E-state index is -0.742. The van der Waals surface area contributed by atoms with E-state index in [2.05, 4.69) is 32.7 Å². The number of nitrogens with one attached hydrogen (secondary N) is 2. The van der Waals surface area contributed by atoms with Gasteiger partial charge in [-0.2, -0.15) is 0 Å². The fraction of sp³-hybridized carbons (Fsp3) is 0.393.